The van der Waals surface area contributed by atoms with E-state index in [1.54, 1.807) is 154 Å². The molecule has 490 valence electrons. The van der Waals surface area contributed by atoms with E-state index in [1.165, 1.54) is 118 Å². The number of halogens is 6. The summed E-state index contributed by atoms with van der Waals surface area (Å²) < 4.78 is 0. The summed E-state index contributed by atoms with van der Waals surface area (Å²) in [6.07, 6.45) is 56.3. The third kappa shape index (κ3) is 19.5. The van der Waals surface area contributed by atoms with Crippen LogP contribution in [0.2, 0.25) is 24.2 Å². The van der Waals surface area contributed by atoms with Crippen LogP contribution in [-0.2, 0) is 62.5 Å². The van der Waals surface area contributed by atoms with Gasteiger partial charge in [0.15, 0.2) is 0 Å². The van der Waals surface area contributed by atoms with Crippen LogP contribution in [-0.4, -0.2) is 8.07 Å². The first kappa shape index (κ1) is 84.7. The van der Waals surface area contributed by atoms with Crippen molar-refractivity contribution < 1.29 is 62.5 Å². The zero-order valence-electron chi connectivity index (χ0n) is 57.4. The van der Waals surface area contributed by atoms with E-state index in [-0.39, 0.29) is 44.6 Å². The maximum absolute atomic E-state index is 4.93. The number of fused-ring (bicyclic) bond motifs is 10. The van der Waals surface area contributed by atoms with Crippen LogP contribution < -0.4 is 0 Å². The second kappa shape index (κ2) is 40.4. The number of hydrogen-bond donors (Lipinski definition) is 0. The Balaban J connectivity index is 0.000000389. The van der Waals surface area contributed by atoms with Gasteiger partial charge in [0.1, 0.15) is 0 Å². The van der Waals surface area contributed by atoms with Gasteiger partial charge in [0.2, 0.25) is 0 Å². The van der Waals surface area contributed by atoms with E-state index in [2.05, 4.69) is 54.6 Å². The van der Waals surface area contributed by atoms with Gasteiger partial charge in [-0.15, -0.1) is 0 Å². The first-order valence-electron chi connectivity index (χ1n) is 34.5. The minimum absolute atomic E-state index is 0. The van der Waals surface area contributed by atoms with Crippen LogP contribution in [0.15, 0.2) is 0 Å². The standard InChI is InChI=1S/C24H42Si.C23H40.C21H36.6CH3.6ClH.3Zr/c1-25(2,23-16-15-17-9-3-4-10-18(17)23)24-21-13-7-5-11-19(21)20-12-6-8-14-22(20)24;1-15-9-11-18-19-12-10-16(2)14-21(19)22(20(18)13-15)23(3,4)17-7-5-6-8-17;1-21(2,15-9-3-4-10-15)20-18-13-7-5-11-16(18)17-12-6-8-14-19(17)20;;;;;;;;;;;;;;;/h17-24H,3-16H2,1-2H3;15-22H,5-14H2,1-4H3;15-20H,3-14H2,1-2H3;6*1H3;6*1H;;;/q;;;6*-1;;;;;;;3*+4/p-6. The molecule has 0 N–H and O–H groups in total. The molecule has 0 amide bonds. The van der Waals surface area contributed by atoms with Crippen molar-refractivity contribution in [3.05, 3.63) is 44.6 Å². The van der Waals surface area contributed by atoms with E-state index >= 15 is 0 Å². The third-order valence-corrected chi connectivity index (χ3v) is 33.2. The Hall–Kier alpha value is 4.61. The fourth-order valence-corrected chi connectivity index (χ4v) is 31.5. The summed E-state index contributed by atoms with van der Waals surface area (Å²) in [7, 11) is 28.4. The molecule has 0 heterocycles. The van der Waals surface area contributed by atoms with Crippen LogP contribution in [0.1, 0.15) is 273 Å². The van der Waals surface area contributed by atoms with Gasteiger partial charge in [-0.2, -0.15) is 0 Å². The van der Waals surface area contributed by atoms with Crippen molar-refractivity contribution in [3.8, 4) is 0 Å². The van der Waals surface area contributed by atoms with Gasteiger partial charge in [-0.1, -0.05) is 196 Å². The molecule has 0 aromatic rings. The first-order chi connectivity index (χ1) is 37.6. The Bertz CT molecular complexity index is 1670. The molecule has 0 aromatic heterocycles. The quantitative estimate of drug-likeness (QED) is 0.184. The molecule has 84 heavy (non-hydrogen) atoms. The third-order valence-electron chi connectivity index (χ3n) is 28.0. The zero-order valence-corrected chi connectivity index (χ0v) is 70.3. The SMILES string of the molecule is CC(C)(C1CCCC1)C1C2CCCCC2C2CCCCC21.CC1CCC2C3CCC(C)CC3C(C(C)(C)C3CCCC3)C2C1.C[Si](C)(C1CCC2CCCCC21)C1C2CCCCC2C2CCCCC21.[CH3-].[CH3-].[CH3-].[CH3-].[CH3-].[CH3-].[Cl][Zr+2][Cl].[Cl][Zr+2][Cl].[Cl][Zr+2][Cl]. The van der Waals surface area contributed by atoms with Gasteiger partial charge in [-0.05, 0) is 230 Å². The van der Waals surface area contributed by atoms with Gasteiger partial charge in [0, 0.05) is 0 Å². The molecule has 13 aliphatic carbocycles. The Labute approximate surface area is 585 Å². The molecule has 0 nitrogen and oxygen atoms in total. The molecule has 0 aromatic carbocycles. The van der Waals surface area contributed by atoms with Crippen LogP contribution in [0.5, 0.6) is 0 Å². The van der Waals surface area contributed by atoms with Crippen molar-refractivity contribution in [1.82, 2.24) is 0 Å². The molecular weight excluding hydrogens is 1400 g/mol. The molecule has 13 rings (SSSR count). The van der Waals surface area contributed by atoms with Crippen molar-refractivity contribution in [3.63, 3.8) is 0 Å². The molecule has 13 fully saturated rings. The van der Waals surface area contributed by atoms with Gasteiger partial charge in [0.05, 0.1) is 8.07 Å². The van der Waals surface area contributed by atoms with Crippen LogP contribution in [0.25, 0.3) is 0 Å². The summed E-state index contributed by atoms with van der Waals surface area (Å²) in [4.78, 5) is 0. The van der Waals surface area contributed by atoms with Gasteiger partial charge < -0.3 is 44.6 Å². The molecule has 13 aliphatic rings. The summed E-state index contributed by atoms with van der Waals surface area (Å²) in [6.45, 7) is 21.7. The Morgan fingerprint density at radius 2 is 0.560 bits per heavy atom. The Morgan fingerprint density at radius 1 is 0.298 bits per heavy atom. The average molecular weight is 1540 g/mol. The predicted octanol–water partition coefficient (Wildman–Crippen LogP) is 27.9. The van der Waals surface area contributed by atoms with Crippen molar-refractivity contribution >= 4 is 59.2 Å². The number of hydrogen-bond acceptors (Lipinski definition) is 0. The van der Waals surface area contributed by atoms with Gasteiger partial charge in [0.25, 0.3) is 0 Å². The van der Waals surface area contributed by atoms with Crippen LogP contribution >= 0.6 is 51.1 Å². The minimum atomic E-state index is -1.16. The van der Waals surface area contributed by atoms with Crippen LogP contribution in [0.4, 0.5) is 0 Å². The monoisotopic (exact) mass is 1530 g/mol. The van der Waals surface area contributed by atoms with Crippen molar-refractivity contribution in [2.75, 3.05) is 0 Å². The number of rotatable bonds is 6. The fraction of sp³-hybridized carbons (Fsp3) is 0.919. The van der Waals surface area contributed by atoms with Crippen molar-refractivity contribution in [2.24, 2.45) is 129 Å². The van der Waals surface area contributed by atoms with E-state index in [0.717, 1.165) is 88.8 Å². The molecule has 0 aliphatic heterocycles. The van der Waals surface area contributed by atoms with E-state index < -0.39 is 70.6 Å². The van der Waals surface area contributed by atoms with Crippen LogP contribution in [0.3, 0.4) is 0 Å². The second-order valence-electron chi connectivity index (χ2n) is 32.1. The van der Waals surface area contributed by atoms with Gasteiger partial charge >= 0.3 is 114 Å². The summed E-state index contributed by atoms with van der Waals surface area (Å²) in [6, 6.07) is 0. The molecule has 17 atom stereocenters. The van der Waals surface area contributed by atoms with Gasteiger partial charge in [-0.25, -0.2) is 0 Å². The molecule has 0 spiro atoms. The topological polar surface area (TPSA) is 0 Å². The van der Waals surface area contributed by atoms with Crippen molar-refractivity contribution in [2.45, 2.75) is 297 Å². The van der Waals surface area contributed by atoms with Gasteiger partial charge in [-0.3, -0.25) is 0 Å². The summed E-state index contributed by atoms with van der Waals surface area (Å²) >= 11 is -2.48. The molecule has 0 saturated heterocycles. The van der Waals surface area contributed by atoms with E-state index in [9.17, 15) is 0 Å². The Morgan fingerprint density at radius 3 is 0.917 bits per heavy atom. The first-order valence-corrected chi connectivity index (χ1v) is 56.6. The summed E-state index contributed by atoms with van der Waals surface area (Å²) in [5, 5.41) is 0. The van der Waals surface area contributed by atoms with E-state index in [0.29, 0.717) is 10.8 Å². The normalized spacial score (nSPS) is 39.6. The zero-order chi connectivity index (χ0) is 55.8. The molecule has 10 heteroatoms. The van der Waals surface area contributed by atoms with Crippen LogP contribution in [0, 0.1) is 174 Å². The Kier molecular flexibility index (Phi) is 40.7. The van der Waals surface area contributed by atoms with E-state index in [1.807, 2.05) is 0 Å². The molecule has 0 bridgehead atoms. The maximum atomic E-state index is 4.93. The molecule has 13 saturated carbocycles. The predicted molar refractivity (Wildman–Crippen MR) is 374 cm³/mol. The fourth-order valence-electron chi connectivity index (χ4n) is 25.5. The second-order valence-corrected chi connectivity index (χ2v) is 48.3. The molecular formula is C74H136Cl6SiZr3. The van der Waals surface area contributed by atoms with Crippen molar-refractivity contribution in [1.29, 1.82) is 0 Å². The summed E-state index contributed by atoms with van der Waals surface area (Å²) in [5.74, 6) is 22.1. The molecule has 0 radical (unpaired) electrons. The van der Waals surface area contributed by atoms with E-state index in [4.69, 9.17) is 51.1 Å². The summed E-state index contributed by atoms with van der Waals surface area (Å²) in [5.41, 5.74) is 3.65. The molecule has 17 unspecified atom stereocenters. The average Bonchev–Trinajstić information content (AvgIpc) is 3.20.